The number of carbonyl (C=O) groups excluding carboxylic acids is 1. The third-order valence-corrected chi connectivity index (χ3v) is 3.52. The minimum atomic E-state index is -0.564. The van der Waals surface area contributed by atoms with Crippen molar-refractivity contribution in [2.24, 2.45) is 0 Å². The SMILES string of the molecule is COc1ccccc1CNC(=O)C(C)Oc1cc(C)cc(C)c1. The molecule has 2 aromatic carbocycles. The number of ether oxygens (including phenoxy) is 2. The van der Waals surface area contributed by atoms with Crippen molar-refractivity contribution in [1.82, 2.24) is 5.32 Å². The summed E-state index contributed by atoms with van der Waals surface area (Å²) in [5, 5.41) is 2.88. The summed E-state index contributed by atoms with van der Waals surface area (Å²) in [6.07, 6.45) is -0.564. The van der Waals surface area contributed by atoms with E-state index in [1.807, 2.05) is 50.2 Å². The Hall–Kier alpha value is -2.49. The molecule has 0 bridgehead atoms. The molecule has 1 N–H and O–H groups in total. The quantitative estimate of drug-likeness (QED) is 0.889. The Labute approximate surface area is 137 Å². The number of benzene rings is 2. The lowest BCUT2D eigenvalue weighted by Gasteiger charge is -2.16. The Morgan fingerprint density at radius 2 is 1.78 bits per heavy atom. The van der Waals surface area contributed by atoms with Crippen molar-refractivity contribution in [3.63, 3.8) is 0 Å². The molecule has 0 spiro atoms. The lowest BCUT2D eigenvalue weighted by atomic mass is 10.1. The lowest BCUT2D eigenvalue weighted by Crippen LogP contribution is -2.36. The third kappa shape index (κ3) is 4.74. The second-order valence-electron chi connectivity index (χ2n) is 5.61. The fraction of sp³-hybridized carbons (Fsp3) is 0.316. The molecular formula is C19H23NO3. The molecule has 0 radical (unpaired) electrons. The summed E-state index contributed by atoms with van der Waals surface area (Å²) in [6.45, 7) is 6.16. The van der Waals surface area contributed by atoms with Crippen molar-refractivity contribution in [2.45, 2.75) is 33.4 Å². The Kier molecular flexibility index (Phi) is 5.63. The molecule has 4 heteroatoms. The minimum Gasteiger partial charge on any atom is -0.496 e. The third-order valence-electron chi connectivity index (χ3n) is 3.52. The van der Waals surface area contributed by atoms with Gasteiger partial charge in [0, 0.05) is 12.1 Å². The van der Waals surface area contributed by atoms with Crippen LogP contribution < -0.4 is 14.8 Å². The number of methoxy groups -OCH3 is 1. The first-order valence-electron chi connectivity index (χ1n) is 7.64. The van der Waals surface area contributed by atoms with Crippen molar-refractivity contribution in [2.75, 3.05) is 7.11 Å². The summed E-state index contributed by atoms with van der Waals surface area (Å²) in [5.41, 5.74) is 3.16. The van der Waals surface area contributed by atoms with Gasteiger partial charge in [0.25, 0.3) is 5.91 Å². The van der Waals surface area contributed by atoms with Crippen LogP contribution in [0.5, 0.6) is 11.5 Å². The Morgan fingerprint density at radius 1 is 1.13 bits per heavy atom. The van der Waals surface area contributed by atoms with Gasteiger partial charge in [0.2, 0.25) is 0 Å². The Balaban J connectivity index is 1.94. The zero-order chi connectivity index (χ0) is 16.8. The van der Waals surface area contributed by atoms with Gasteiger partial charge in [0.05, 0.1) is 7.11 Å². The zero-order valence-corrected chi connectivity index (χ0v) is 14.1. The van der Waals surface area contributed by atoms with E-state index in [1.54, 1.807) is 14.0 Å². The van der Waals surface area contributed by atoms with Gasteiger partial charge in [0.15, 0.2) is 6.10 Å². The molecule has 0 aliphatic heterocycles. The highest BCUT2D eigenvalue weighted by molar-refractivity contribution is 5.80. The van der Waals surface area contributed by atoms with Gasteiger partial charge in [-0.15, -0.1) is 0 Å². The van der Waals surface area contributed by atoms with Crippen molar-refractivity contribution in [3.05, 3.63) is 59.2 Å². The highest BCUT2D eigenvalue weighted by Gasteiger charge is 2.15. The van der Waals surface area contributed by atoms with E-state index in [9.17, 15) is 4.79 Å². The normalized spacial score (nSPS) is 11.7. The number of rotatable bonds is 6. The summed E-state index contributed by atoms with van der Waals surface area (Å²) in [7, 11) is 1.62. The van der Waals surface area contributed by atoms with Crippen molar-refractivity contribution in [1.29, 1.82) is 0 Å². The first-order valence-corrected chi connectivity index (χ1v) is 7.64. The van der Waals surface area contributed by atoms with Crippen molar-refractivity contribution in [3.8, 4) is 11.5 Å². The highest BCUT2D eigenvalue weighted by Crippen LogP contribution is 2.18. The topological polar surface area (TPSA) is 47.6 Å². The molecule has 4 nitrogen and oxygen atoms in total. The average Bonchev–Trinajstić information content (AvgIpc) is 2.51. The van der Waals surface area contributed by atoms with Gasteiger partial charge in [-0.2, -0.15) is 0 Å². The maximum absolute atomic E-state index is 12.2. The molecule has 0 saturated heterocycles. The van der Waals surface area contributed by atoms with Gasteiger partial charge in [-0.1, -0.05) is 24.3 Å². The standard InChI is InChI=1S/C19H23NO3/c1-13-9-14(2)11-17(10-13)23-15(3)19(21)20-12-16-7-5-6-8-18(16)22-4/h5-11,15H,12H2,1-4H3,(H,20,21). The Morgan fingerprint density at radius 3 is 2.43 bits per heavy atom. The molecular weight excluding hydrogens is 290 g/mol. The summed E-state index contributed by atoms with van der Waals surface area (Å²) < 4.78 is 11.0. The number of para-hydroxylation sites is 1. The van der Waals surface area contributed by atoms with Crippen LogP contribution in [0.3, 0.4) is 0 Å². The number of aryl methyl sites for hydroxylation is 2. The number of carbonyl (C=O) groups is 1. The monoisotopic (exact) mass is 313 g/mol. The molecule has 2 rings (SSSR count). The van der Waals surface area contributed by atoms with Gasteiger partial charge < -0.3 is 14.8 Å². The molecule has 23 heavy (non-hydrogen) atoms. The van der Waals surface area contributed by atoms with Crippen LogP contribution in [-0.4, -0.2) is 19.1 Å². The molecule has 0 aliphatic carbocycles. The predicted octanol–water partition coefficient (Wildman–Crippen LogP) is 3.40. The summed E-state index contributed by atoms with van der Waals surface area (Å²) >= 11 is 0. The van der Waals surface area contributed by atoms with E-state index >= 15 is 0 Å². The van der Waals surface area contributed by atoms with E-state index in [4.69, 9.17) is 9.47 Å². The smallest absolute Gasteiger partial charge is 0.261 e. The first kappa shape index (κ1) is 16.9. The highest BCUT2D eigenvalue weighted by atomic mass is 16.5. The summed E-state index contributed by atoms with van der Waals surface area (Å²) in [6, 6.07) is 13.5. The first-order chi connectivity index (χ1) is 11.0. The van der Waals surface area contributed by atoms with E-state index in [-0.39, 0.29) is 5.91 Å². The van der Waals surface area contributed by atoms with Crippen LogP contribution in [0.2, 0.25) is 0 Å². The van der Waals surface area contributed by atoms with Gasteiger partial charge in [-0.05, 0) is 50.1 Å². The van der Waals surface area contributed by atoms with E-state index in [1.165, 1.54) is 0 Å². The molecule has 2 aromatic rings. The van der Waals surface area contributed by atoms with E-state index in [0.29, 0.717) is 12.3 Å². The van der Waals surface area contributed by atoms with Crippen LogP contribution in [0.1, 0.15) is 23.6 Å². The van der Waals surface area contributed by atoms with Crippen molar-refractivity contribution >= 4 is 5.91 Å². The fourth-order valence-corrected chi connectivity index (χ4v) is 2.43. The predicted molar refractivity (Wildman–Crippen MR) is 90.8 cm³/mol. The summed E-state index contributed by atoms with van der Waals surface area (Å²) in [5.74, 6) is 1.31. The molecule has 1 unspecified atom stereocenters. The second kappa shape index (κ2) is 7.68. The number of nitrogens with one attached hydrogen (secondary N) is 1. The van der Waals surface area contributed by atoms with E-state index in [2.05, 4.69) is 11.4 Å². The molecule has 1 atom stereocenters. The molecule has 0 fully saturated rings. The number of hydrogen-bond donors (Lipinski definition) is 1. The van der Waals surface area contributed by atoms with Gasteiger partial charge >= 0.3 is 0 Å². The van der Waals surface area contributed by atoms with Crippen molar-refractivity contribution < 1.29 is 14.3 Å². The van der Waals surface area contributed by atoms with Crippen LogP contribution in [0.4, 0.5) is 0 Å². The van der Waals surface area contributed by atoms with Crippen LogP contribution in [0.25, 0.3) is 0 Å². The number of amides is 1. The maximum atomic E-state index is 12.2. The van der Waals surface area contributed by atoms with Gasteiger partial charge in [-0.3, -0.25) is 4.79 Å². The average molecular weight is 313 g/mol. The van der Waals surface area contributed by atoms with Gasteiger partial charge in [0.1, 0.15) is 11.5 Å². The fourth-order valence-electron chi connectivity index (χ4n) is 2.43. The maximum Gasteiger partial charge on any atom is 0.261 e. The molecule has 122 valence electrons. The van der Waals surface area contributed by atoms with E-state index in [0.717, 1.165) is 22.4 Å². The lowest BCUT2D eigenvalue weighted by molar-refractivity contribution is -0.127. The van der Waals surface area contributed by atoms with Gasteiger partial charge in [-0.25, -0.2) is 0 Å². The van der Waals surface area contributed by atoms with Crippen LogP contribution in [0.15, 0.2) is 42.5 Å². The second-order valence-corrected chi connectivity index (χ2v) is 5.61. The Bertz CT molecular complexity index is 662. The zero-order valence-electron chi connectivity index (χ0n) is 14.1. The molecule has 0 aliphatic rings. The van der Waals surface area contributed by atoms with Crippen LogP contribution >= 0.6 is 0 Å². The molecule has 0 saturated carbocycles. The van der Waals surface area contributed by atoms with Crippen LogP contribution in [-0.2, 0) is 11.3 Å². The molecule has 1 amide bonds. The van der Waals surface area contributed by atoms with Crippen LogP contribution in [0, 0.1) is 13.8 Å². The summed E-state index contributed by atoms with van der Waals surface area (Å²) in [4.78, 5) is 12.2. The van der Waals surface area contributed by atoms with E-state index < -0.39 is 6.10 Å². The minimum absolute atomic E-state index is 0.157. The number of hydrogen-bond acceptors (Lipinski definition) is 3. The molecule has 0 heterocycles. The largest absolute Gasteiger partial charge is 0.496 e. The molecule has 0 aromatic heterocycles.